The van der Waals surface area contributed by atoms with Gasteiger partial charge >= 0.3 is 6.09 Å². The molecule has 0 spiro atoms. The molecule has 1 fully saturated rings. The number of rotatable bonds is 5. The van der Waals surface area contributed by atoms with E-state index in [1.807, 2.05) is 5.32 Å². The third-order valence-electron chi connectivity index (χ3n) is 3.41. The predicted octanol–water partition coefficient (Wildman–Crippen LogP) is 1.42. The molecule has 1 unspecified atom stereocenters. The van der Waals surface area contributed by atoms with Crippen LogP contribution >= 0.6 is 0 Å². The minimum absolute atomic E-state index is 0.139. The Bertz CT molecular complexity index is 449. The van der Waals surface area contributed by atoms with E-state index in [0.29, 0.717) is 0 Å². The normalized spacial score (nSPS) is 24.6. The largest absolute Gasteiger partial charge is 0.444 e. The Balaban J connectivity index is 2.81. The SMILES string of the molecule is CC(C)[C@@H](CO)NC(=O)C1(NC(=O)OC(C)(C)C)CC1(F)F. The van der Waals surface area contributed by atoms with Crippen LogP contribution in [0.4, 0.5) is 13.6 Å². The van der Waals surface area contributed by atoms with Crippen molar-refractivity contribution in [3.63, 3.8) is 0 Å². The van der Waals surface area contributed by atoms with E-state index in [4.69, 9.17) is 4.74 Å². The molecule has 0 radical (unpaired) electrons. The summed E-state index contributed by atoms with van der Waals surface area (Å²) < 4.78 is 32.2. The third kappa shape index (κ3) is 4.06. The molecule has 2 atom stereocenters. The van der Waals surface area contributed by atoms with Crippen LogP contribution in [0.1, 0.15) is 41.0 Å². The van der Waals surface area contributed by atoms with E-state index in [2.05, 4.69) is 5.32 Å². The van der Waals surface area contributed by atoms with Gasteiger partial charge in [-0.25, -0.2) is 13.6 Å². The van der Waals surface area contributed by atoms with Crippen LogP contribution in [0.15, 0.2) is 0 Å². The first-order valence-corrected chi connectivity index (χ1v) is 7.15. The lowest BCUT2D eigenvalue weighted by Crippen LogP contribution is -2.57. The molecule has 0 aromatic heterocycles. The molecule has 22 heavy (non-hydrogen) atoms. The van der Waals surface area contributed by atoms with Crippen molar-refractivity contribution in [2.24, 2.45) is 5.92 Å². The molecule has 0 aromatic rings. The molecular formula is C14H24F2N2O4. The van der Waals surface area contributed by atoms with Gasteiger partial charge in [0.1, 0.15) is 5.60 Å². The van der Waals surface area contributed by atoms with Crippen molar-refractivity contribution >= 4 is 12.0 Å². The quantitative estimate of drug-likeness (QED) is 0.714. The number of hydrogen-bond acceptors (Lipinski definition) is 4. The Morgan fingerprint density at radius 1 is 1.32 bits per heavy atom. The first-order valence-electron chi connectivity index (χ1n) is 7.15. The minimum atomic E-state index is -3.34. The zero-order chi connectivity index (χ0) is 17.3. The van der Waals surface area contributed by atoms with E-state index in [-0.39, 0.29) is 12.5 Å². The summed E-state index contributed by atoms with van der Waals surface area (Å²) in [6.07, 6.45) is -1.87. The van der Waals surface area contributed by atoms with E-state index < -0.39 is 41.5 Å². The van der Waals surface area contributed by atoms with Crippen molar-refractivity contribution < 1.29 is 28.2 Å². The number of carbonyl (C=O) groups is 2. The topological polar surface area (TPSA) is 87.7 Å². The number of carbonyl (C=O) groups excluding carboxylic acids is 2. The Morgan fingerprint density at radius 2 is 1.82 bits per heavy atom. The summed E-state index contributed by atoms with van der Waals surface area (Å²) in [5.41, 5.74) is -3.17. The van der Waals surface area contributed by atoms with Gasteiger partial charge in [0.2, 0.25) is 0 Å². The predicted molar refractivity (Wildman–Crippen MR) is 75.5 cm³/mol. The van der Waals surface area contributed by atoms with Gasteiger partial charge in [0.05, 0.1) is 19.1 Å². The van der Waals surface area contributed by atoms with Crippen LogP contribution in [-0.2, 0) is 9.53 Å². The number of nitrogens with one attached hydrogen (secondary N) is 2. The van der Waals surface area contributed by atoms with Gasteiger partial charge in [0.25, 0.3) is 11.8 Å². The van der Waals surface area contributed by atoms with Crippen molar-refractivity contribution in [1.82, 2.24) is 10.6 Å². The van der Waals surface area contributed by atoms with Gasteiger partial charge in [-0.15, -0.1) is 0 Å². The number of amides is 2. The van der Waals surface area contributed by atoms with Gasteiger partial charge in [0, 0.05) is 0 Å². The Kier molecular flexibility index (Phi) is 5.06. The maximum atomic E-state index is 13.7. The molecule has 0 heterocycles. The minimum Gasteiger partial charge on any atom is -0.444 e. The molecule has 3 N–H and O–H groups in total. The number of alkyl halides is 2. The molecule has 0 bridgehead atoms. The summed E-state index contributed by atoms with van der Waals surface area (Å²) >= 11 is 0. The van der Waals surface area contributed by atoms with Crippen molar-refractivity contribution in [3.8, 4) is 0 Å². The van der Waals surface area contributed by atoms with Gasteiger partial charge in [-0.05, 0) is 26.7 Å². The van der Waals surface area contributed by atoms with Gasteiger partial charge in [0.15, 0.2) is 5.54 Å². The molecule has 1 rings (SSSR count). The van der Waals surface area contributed by atoms with Gasteiger partial charge in [-0.3, -0.25) is 4.79 Å². The number of halogens is 2. The van der Waals surface area contributed by atoms with Crippen LogP contribution in [-0.4, -0.2) is 46.8 Å². The Hall–Kier alpha value is -1.44. The summed E-state index contributed by atoms with van der Waals surface area (Å²) in [7, 11) is 0. The summed E-state index contributed by atoms with van der Waals surface area (Å²) in [6, 6.07) is -0.666. The van der Waals surface area contributed by atoms with E-state index in [1.165, 1.54) is 0 Å². The first kappa shape index (κ1) is 18.6. The molecule has 1 aliphatic rings. The molecule has 2 amide bonds. The average molecular weight is 322 g/mol. The van der Waals surface area contributed by atoms with E-state index >= 15 is 0 Å². The highest BCUT2D eigenvalue weighted by Crippen LogP contribution is 2.53. The van der Waals surface area contributed by atoms with Crippen LogP contribution < -0.4 is 10.6 Å². The van der Waals surface area contributed by atoms with E-state index in [1.54, 1.807) is 34.6 Å². The second kappa shape index (κ2) is 5.98. The fourth-order valence-corrected chi connectivity index (χ4v) is 1.92. The highest BCUT2D eigenvalue weighted by atomic mass is 19.3. The molecule has 0 saturated heterocycles. The van der Waals surface area contributed by atoms with Crippen LogP contribution in [0.25, 0.3) is 0 Å². The lowest BCUT2D eigenvalue weighted by atomic mass is 10.0. The first-order chi connectivity index (χ1) is 9.84. The molecule has 6 nitrogen and oxygen atoms in total. The Labute approximate surface area is 128 Å². The zero-order valence-corrected chi connectivity index (χ0v) is 13.5. The Morgan fingerprint density at radius 3 is 2.14 bits per heavy atom. The van der Waals surface area contributed by atoms with Crippen molar-refractivity contribution in [1.29, 1.82) is 0 Å². The molecule has 1 aliphatic carbocycles. The maximum Gasteiger partial charge on any atom is 0.408 e. The highest BCUT2D eigenvalue weighted by Gasteiger charge is 2.77. The molecule has 8 heteroatoms. The number of aliphatic hydroxyl groups excluding tert-OH is 1. The standard InChI is InChI=1S/C14H24F2N2O4/c1-8(2)9(6-19)17-10(20)13(7-14(13,15)16)18-11(21)22-12(3,4)5/h8-9,19H,6-7H2,1-5H3,(H,17,20)(H,18,21)/t9-,13?/m1/s1. The maximum absolute atomic E-state index is 13.7. The van der Waals surface area contributed by atoms with Crippen molar-refractivity contribution in [2.75, 3.05) is 6.61 Å². The number of hydrogen-bond donors (Lipinski definition) is 3. The van der Waals surface area contributed by atoms with Gasteiger partial charge < -0.3 is 20.5 Å². The van der Waals surface area contributed by atoms with Gasteiger partial charge in [-0.1, -0.05) is 13.8 Å². The van der Waals surface area contributed by atoms with Crippen LogP contribution in [0.5, 0.6) is 0 Å². The van der Waals surface area contributed by atoms with Crippen LogP contribution in [0.2, 0.25) is 0 Å². The average Bonchev–Trinajstić information content (AvgIpc) is 2.85. The van der Waals surface area contributed by atoms with E-state index in [0.717, 1.165) is 0 Å². The number of aliphatic hydroxyl groups is 1. The van der Waals surface area contributed by atoms with E-state index in [9.17, 15) is 23.5 Å². The molecule has 0 aliphatic heterocycles. The molecule has 128 valence electrons. The molecule has 0 aromatic carbocycles. The van der Waals surface area contributed by atoms with Gasteiger partial charge in [-0.2, -0.15) is 0 Å². The summed E-state index contributed by atoms with van der Waals surface area (Å²) in [4.78, 5) is 23.8. The summed E-state index contributed by atoms with van der Waals surface area (Å²) in [5, 5.41) is 13.5. The lowest BCUT2D eigenvalue weighted by Gasteiger charge is -2.26. The van der Waals surface area contributed by atoms with Crippen molar-refractivity contribution in [3.05, 3.63) is 0 Å². The second-order valence-corrected chi connectivity index (χ2v) is 6.92. The zero-order valence-electron chi connectivity index (χ0n) is 13.5. The smallest absolute Gasteiger partial charge is 0.408 e. The second-order valence-electron chi connectivity index (χ2n) is 6.92. The lowest BCUT2D eigenvalue weighted by molar-refractivity contribution is -0.128. The summed E-state index contributed by atoms with van der Waals surface area (Å²) in [6.45, 7) is 7.86. The molecular weight excluding hydrogens is 298 g/mol. The third-order valence-corrected chi connectivity index (χ3v) is 3.41. The number of alkyl carbamates (subject to hydrolysis) is 1. The number of ether oxygens (including phenoxy) is 1. The monoisotopic (exact) mass is 322 g/mol. The van der Waals surface area contributed by atoms with Crippen LogP contribution in [0, 0.1) is 5.92 Å². The van der Waals surface area contributed by atoms with Crippen molar-refractivity contribution in [2.45, 2.75) is 64.1 Å². The fraction of sp³-hybridized carbons (Fsp3) is 0.857. The fourth-order valence-electron chi connectivity index (χ4n) is 1.92. The van der Waals surface area contributed by atoms with Crippen LogP contribution in [0.3, 0.4) is 0 Å². The molecule has 1 saturated carbocycles. The summed E-state index contributed by atoms with van der Waals surface area (Å²) in [5.74, 6) is -4.50. The highest BCUT2D eigenvalue weighted by molar-refractivity contribution is 5.95.